The summed E-state index contributed by atoms with van der Waals surface area (Å²) in [5, 5.41) is 8.00. The minimum Gasteiger partial charge on any atom is -0.351 e. The van der Waals surface area contributed by atoms with Crippen LogP contribution in [0, 0.1) is 20.8 Å². The smallest absolute Gasteiger partial charge is 0.203 e. The van der Waals surface area contributed by atoms with Crippen LogP contribution in [0.25, 0.3) is 0 Å². The molecule has 2 heterocycles. The molecule has 3 rings (SSSR count). The second-order valence-corrected chi connectivity index (χ2v) is 6.18. The maximum Gasteiger partial charge on any atom is 0.203 e. The van der Waals surface area contributed by atoms with Gasteiger partial charge in [-0.3, -0.25) is 4.68 Å². The first kappa shape index (κ1) is 14.2. The molecule has 5 nitrogen and oxygen atoms in total. The number of anilines is 1. The summed E-state index contributed by atoms with van der Waals surface area (Å²) in [6.07, 6.45) is 7.40. The van der Waals surface area contributed by atoms with Crippen molar-refractivity contribution < 1.29 is 0 Å². The summed E-state index contributed by atoms with van der Waals surface area (Å²) in [7, 11) is 2.00. The molecule has 0 amide bonds. The minimum atomic E-state index is 0.616. The molecule has 1 N–H and O–H groups in total. The van der Waals surface area contributed by atoms with E-state index in [1.165, 1.54) is 36.9 Å². The molecule has 1 aliphatic rings. The predicted molar refractivity (Wildman–Crippen MR) is 84.5 cm³/mol. The first-order valence-electron chi connectivity index (χ1n) is 7.84. The van der Waals surface area contributed by atoms with Gasteiger partial charge in [-0.2, -0.15) is 5.10 Å². The van der Waals surface area contributed by atoms with E-state index in [1.54, 1.807) is 0 Å². The van der Waals surface area contributed by atoms with Crippen LogP contribution in [-0.4, -0.2) is 19.3 Å². The normalized spacial score (nSPS) is 15.8. The van der Waals surface area contributed by atoms with Crippen molar-refractivity contribution in [3.05, 3.63) is 28.8 Å². The highest BCUT2D eigenvalue weighted by Crippen LogP contribution is 2.32. The zero-order valence-electron chi connectivity index (χ0n) is 13.5. The van der Waals surface area contributed by atoms with Gasteiger partial charge in [-0.1, -0.05) is 12.8 Å². The van der Waals surface area contributed by atoms with Crippen molar-refractivity contribution in [2.45, 2.75) is 59.0 Å². The highest BCUT2D eigenvalue weighted by molar-refractivity contribution is 5.34. The van der Waals surface area contributed by atoms with E-state index in [4.69, 9.17) is 0 Å². The van der Waals surface area contributed by atoms with Gasteiger partial charge in [0.15, 0.2) is 0 Å². The van der Waals surface area contributed by atoms with Gasteiger partial charge in [0.2, 0.25) is 5.95 Å². The average Bonchev–Trinajstić information content (AvgIpc) is 3.11. The maximum atomic E-state index is 4.66. The van der Waals surface area contributed by atoms with Crippen LogP contribution in [-0.2, 0) is 13.6 Å². The van der Waals surface area contributed by atoms with Crippen molar-refractivity contribution in [1.29, 1.82) is 0 Å². The summed E-state index contributed by atoms with van der Waals surface area (Å²) in [6.45, 7) is 7.04. The Morgan fingerprint density at radius 1 is 1.24 bits per heavy atom. The van der Waals surface area contributed by atoms with E-state index in [9.17, 15) is 0 Å². The van der Waals surface area contributed by atoms with Gasteiger partial charge in [0.1, 0.15) is 0 Å². The lowest BCUT2D eigenvalue weighted by Gasteiger charge is -2.15. The first-order chi connectivity index (χ1) is 10.1. The Balaban J connectivity index is 1.78. The van der Waals surface area contributed by atoms with Gasteiger partial charge >= 0.3 is 0 Å². The number of hydrogen-bond acceptors (Lipinski definition) is 3. The molecule has 2 aromatic heterocycles. The molecule has 0 saturated heterocycles. The summed E-state index contributed by atoms with van der Waals surface area (Å²) >= 11 is 0. The van der Waals surface area contributed by atoms with Crippen LogP contribution < -0.4 is 5.32 Å². The number of aromatic nitrogens is 4. The standard InChI is InChI=1S/C16H25N5/c1-11-10-21(14-7-5-6-8-14)16(18-11)17-9-15-12(2)19-20(4)13(15)3/h10,14H,5-9H2,1-4H3,(H,17,18). The van der Waals surface area contributed by atoms with E-state index in [0.717, 1.165) is 23.9 Å². The number of hydrogen-bond donors (Lipinski definition) is 1. The van der Waals surface area contributed by atoms with E-state index in [0.29, 0.717) is 6.04 Å². The molecule has 1 aliphatic carbocycles. The highest BCUT2D eigenvalue weighted by Gasteiger charge is 2.20. The molecule has 0 radical (unpaired) electrons. The molecule has 0 aliphatic heterocycles. The lowest BCUT2D eigenvalue weighted by molar-refractivity contribution is 0.522. The van der Waals surface area contributed by atoms with Gasteiger partial charge in [0.25, 0.3) is 0 Å². The number of rotatable bonds is 4. The summed E-state index contributed by atoms with van der Waals surface area (Å²) in [5.74, 6) is 1.00. The van der Waals surface area contributed by atoms with Crippen molar-refractivity contribution >= 4 is 5.95 Å². The van der Waals surface area contributed by atoms with E-state index in [2.05, 4.69) is 46.9 Å². The minimum absolute atomic E-state index is 0.616. The molecule has 1 fully saturated rings. The summed E-state index contributed by atoms with van der Waals surface area (Å²) in [5.41, 5.74) is 4.68. The zero-order chi connectivity index (χ0) is 15.0. The SMILES string of the molecule is Cc1cn(C2CCCC2)c(NCc2c(C)nn(C)c2C)n1. The highest BCUT2D eigenvalue weighted by atomic mass is 15.3. The summed E-state index contributed by atoms with van der Waals surface area (Å²) in [6, 6.07) is 0.616. The first-order valence-corrected chi connectivity index (χ1v) is 7.84. The molecule has 0 unspecified atom stereocenters. The third-order valence-corrected chi connectivity index (χ3v) is 4.65. The lowest BCUT2D eigenvalue weighted by atomic mass is 10.2. The second-order valence-electron chi connectivity index (χ2n) is 6.18. The number of imidazole rings is 1. The molecule has 114 valence electrons. The fourth-order valence-corrected chi connectivity index (χ4v) is 3.35. The summed E-state index contributed by atoms with van der Waals surface area (Å²) in [4.78, 5) is 4.66. The van der Waals surface area contributed by atoms with Gasteiger partial charge in [-0.15, -0.1) is 0 Å². The lowest BCUT2D eigenvalue weighted by Crippen LogP contribution is -2.11. The Kier molecular flexibility index (Phi) is 3.74. The van der Waals surface area contributed by atoms with Crippen molar-refractivity contribution in [2.75, 3.05) is 5.32 Å². The molecule has 0 spiro atoms. The largest absolute Gasteiger partial charge is 0.351 e. The Labute approximate surface area is 126 Å². The predicted octanol–water partition coefficient (Wildman–Crippen LogP) is 3.27. The number of nitrogens with zero attached hydrogens (tertiary/aromatic N) is 4. The van der Waals surface area contributed by atoms with Gasteiger partial charge in [0, 0.05) is 37.1 Å². The molecule has 1 saturated carbocycles. The topological polar surface area (TPSA) is 47.7 Å². The summed E-state index contributed by atoms with van der Waals surface area (Å²) < 4.78 is 4.28. The fourth-order valence-electron chi connectivity index (χ4n) is 3.35. The number of aryl methyl sites for hydroxylation is 3. The third kappa shape index (κ3) is 2.69. The van der Waals surface area contributed by atoms with Gasteiger partial charge in [-0.25, -0.2) is 4.98 Å². The molecule has 0 atom stereocenters. The van der Waals surface area contributed by atoms with Crippen LogP contribution in [0.3, 0.4) is 0 Å². The molecule has 2 aromatic rings. The van der Waals surface area contributed by atoms with Gasteiger partial charge in [-0.05, 0) is 33.6 Å². The Bertz CT molecular complexity index is 631. The van der Waals surface area contributed by atoms with E-state index >= 15 is 0 Å². The molecule has 21 heavy (non-hydrogen) atoms. The monoisotopic (exact) mass is 287 g/mol. The van der Waals surface area contributed by atoms with Crippen molar-refractivity contribution in [3.8, 4) is 0 Å². The fraction of sp³-hybridized carbons (Fsp3) is 0.625. The molecule has 0 bridgehead atoms. The second kappa shape index (κ2) is 5.54. The molecule has 5 heteroatoms. The van der Waals surface area contributed by atoms with Gasteiger partial charge < -0.3 is 9.88 Å². The maximum absolute atomic E-state index is 4.66. The van der Waals surface area contributed by atoms with Crippen LogP contribution in [0.1, 0.15) is 54.4 Å². The van der Waals surface area contributed by atoms with Crippen LogP contribution >= 0.6 is 0 Å². The van der Waals surface area contributed by atoms with Crippen molar-refractivity contribution in [1.82, 2.24) is 19.3 Å². The number of nitrogens with one attached hydrogen (secondary N) is 1. The van der Waals surface area contributed by atoms with E-state index in [1.807, 2.05) is 11.7 Å². The third-order valence-electron chi connectivity index (χ3n) is 4.65. The Hall–Kier alpha value is -1.78. The van der Waals surface area contributed by atoms with Crippen molar-refractivity contribution in [3.63, 3.8) is 0 Å². The van der Waals surface area contributed by atoms with Crippen molar-refractivity contribution in [2.24, 2.45) is 7.05 Å². The van der Waals surface area contributed by atoms with Crippen LogP contribution in [0.4, 0.5) is 5.95 Å². The molecule has 0 aromatic carbocycles. The van der Waals surface area contributed by atoms with Crippen LogP contribution in [0.2, 0.25) is 0 Å². The van der Waals surface area contributed by atoms with E-state index in [-0.39, 0.29) is 0 Å². The van der Waals surface area contributed by atoms with Crippen LogP contribution in [0.15, 0.2) is 6.20 Å². The van der Waals surface area contributed by atoms with Crippen LogP contribution in [0.5, 0.6) is 0 Å². The van der Waals surface area contributed by atoms with Gasteiger partial charge in [0.05, 0.1) is 11.4 Å². The Morgan fingerprint density at radius 3 is 2.57 bits per heavy atom. The Morgan fingerprint density at radius 2 is 1.95 bits per heavy atom. The molecular formula is C16H25N5. The quantitative estimate of drug-likeness (QED) is 0.939. The zero-order valence-corrected chi connectivity index (χ0v) is 13.5. The van der Waals surface area contributed by atoms with E-state index < -0.39 is 0 Å². The molecular weight excluding hydrogens is 262 g/mol. The average molecular weight is 287 g/mol.